The molecule has 6 rings (SSSR count). The first kappa shape index (κ1) is 23.2. The Labute approximate surface area is 214 Å². The van der Waals surface area contributed by atoms with Crippen molar-refractivity contribution in [3.05, 3.63) is 100.0 Å². The van der Waals surface area contributed by atoms with Crippen LogP contribution in [0.2, 0.25) is 0 Å². The van der Waals surface area contributed by atoms with Gasteiger partial charge in [0, 0.05) is 38.1 Å². The van der Waals surface area contributed by atoms with Crippen LogP contribution in [0.3, 0.4) is 0 Å². The maximum atomic E-state index is 13.7. The van der Waals surface area contributed by atoms with E-state index < -0.39 is 0 Å². The summed E-state index contributed by atoms with van der Waals surface area (Å²) in [6.07, 6.45) is 0. The van der Waals surface area contributed by atoms with Crippen LogP contribution in [0.5, 0.6) is 11.5 Å². The zero-order chi connectivity index (χ0) is 25.2. The fraction of sp³-hybridized carbons (Fsp3) is 0.276. The van der Waals surface area contributed by atoms with Gasteiger partial charge in [-0.15, -0.1) is 0 Å². The van der Waals surface area contributed by atoms with Crippen molar-refractivity contribution in [2.45, 2.75) is 13.1 Å². The van der Waals surface area contributed by atoms with E-state index in [1.807, 2.05) is 65.6 Å². The average Bonchev–Trinajstić information content (AvgIpc) is 2.95. The number of carbonyl (C=O) groups excluding carboxylic acids is 1. The number of benzene rings is 3. The predicted molar refractivity (Wildman–Crippen MR) is 140 cm³/mol. The molecule has 3 aromatic carbocycles. The van der Waals surface area contributed by atoms with E-state index in [9.17, 15) is 9.59 Å². The lowest BCUT2D eigenvalue weighted by Gasteiger charge is -2.35. The Morgan fingerprint density at radius 1 is 0.757 bits per heavy atom. The normalized spacial score (nSPS) is 15.6. The molecular weight excluding hydrogens is 468 g/mol. The maximum absolute atomic E-state index is 13.7. The number of hydrogen-bond donors (Lipinski definition) is 0. The van der Waals surface area contributed by atoms with Gasteiger partial charge in [-0.1, -0.05) is 54.6 Å². The van der Waals surface area contributed by atoms with E-state index in [0.717, 1.165) is 42.3 Å². The summed E-state index contributed by atoms with van der Waals surface area (Å²) in [6, 6.07) is 23.0. The van der Waals surface area contributed by atoms with Crippen LogP contribution in [0.4, 0.5) is 0 Å². The molecule has 2 aliphatic rings. The van der Waals surface area contributed by atoms with Crippen molar-refractivity contribution in [3.63, 3.8) is 0 Å². The quantitative estimate of drug-likeness (QED) is 0.423. The van der Waals surface area contributed by atoms with E-state index in [1.54, 1.807) is 6.07 Å². The molecule has 0 radical (unpaired) electrons. The van der Waals surface area contributed by atoms with Gasteiger partial charge in [-0.3, -0.25) is 14.5 Å². The maximum Gasteiger partial charge on any atom is 0.275 e. The summed E-state index contributed by atoms with van der Waals surface area (Å²) in [7, 11) is 0. The van der Waals surface area contributed by atoms with Crippen molar-refractivity contribution in [1.29, 1.82) is 0 Å². The molecule has 3 heterocycles. The predicted octanol–water partition coefficient (Wildman–Crippen LogP) is 3.17. The Bertz CT molecular complexity index is 1490. The minimum atomic E-state index is -0.194. The van der Waals surface area contributed by atoms with E-state index in [2.05, 4.69) is 16.1 Å². The minimum Gasteiger partial charge on any atom is -0.486 e. The van der Waals surface area contributed by atoms with Crippen molar-refractivity contribution >= 4 is 16.7 Å². The van der Waals surface area contributed by atoms with E-state index in [0.29, 0.717) is 49.3 Å². The van der Waals surface area contributed by atoms with E-state index in [1.165, 1.54) is 4.68 Å². The van der Waals surface area contributed by atoms with Crippen molar-refractivity contribution < 1.29 is 14.3 Å². The number of piperazine rings is 1. The van der Waals surface area contributed by atoms with Gasteiger partial charge in [0.1, 0.15) is 13.2 Å². The highest BCUT2D eigenvalue weighted by atomic mass is 16.6. The van der Waals surface area contributed by atoms with Gasteiger partial charge in [0.15, 0.2) is 17.2 Å². The van der Waals surface area contributed by atoms with Gasteiger partial charge in [0.05, 0.1) is 11.9 Å². The van der Waals surface area contributed by atoms with E-state index >= 15 is 0 Å². The smallest absolute Gasteiger partial charge is 0.275 e. The second kappa shape index (κ2) is 10.1. The topological polar surface area (TPSA) is 76.9 Å². The van der Waals surface area contributed by atoms with Crippen molar-refractivity contribution in [2.24, 2.45) is 0 Å². The molecule has 0 saturated carbocycles. The lowest BCUT2D eigenvalue weighted by atomic mass is 10.1. The van der Waals surface area contributed by atoms with Crippen molar-refractivity contribution in [3.8, 4) is 11.5 Å². The number of aromatic nitrogens is 2. The average molecular weight is 497 g/mol. The highest BCUT2D eigenvalue weighted by Crippen LogP contribution is 2.31. The molecule has 0 atom stereocenters. The van der Waals surface area contributed by atoms with Gasteiger partial charge in [-0.2, -0.15) is 5.10 Å². The molecule has 1 saturated heterocycles. The van der Waals surface area contributed by atoms with E-state index in [-0.39, 0.29) is 11.5 Å². The molecule has 0 aliphatic carbocycles. The first-order valence-electron chi connectivity index (χ1n) is 12.6. The third kappa shape index (κ3) is 4.80. The minimum absolute atomic E-state index is 0.142. The highest BCUT2D eigenvalue weighted by molar-refractivity contribution is 6.04. The van der Waals surface area contributed by atoms with Gasteiger partial charge in [-0.25, -0.2) is 4.68 Å². The summed E-state index contributed by atoms with van der Waals surface area (Å²) in [5.74, 6) is 1.44. The molecule has 1 aromatic heterocycles. The van der Waals surface area contributed by atoms with Crippen LogP contribution in [0.15, 0.2) is 77.6 Å². The molecule has 188 valence electrons. The summed E-state index contributed by atoms with van der Waals surface area (Å²) in [4.78, 5) is 31.0. The first-order valence-corrected chi connectivity index (χ1v) is 12.6. The lowest BCUT2D eigenvalue weighted by molar-refractivity contribution is 0.0622. The Kier molecular flexibility index (Phi) is 6.32. The zero-order valence-electron chi connectivity index (χ0n) is 20.5. The third-order valence-electron chi connectivity index (χ3n) is 6.92. The van der Waals surface area contributed by atoms with Gasteiger partial charge in [0.2, 0.25) is 0 Å². The molecule has 1 amide bonds. The molecule has 37 heavy (non-hydrogen) atoms. The number of carbonyl (C=O) groups is 1. The van der Waals surface area contributed by atoms with Gasteiger partial charge >= 0.3 is 0 Å². The van der Waals surface area contributed by atoms with Crippen LogP contribution in [-0.2, 0) is 13.1 Å². The van der Waals surface area contributed by atoms with Crippen LogP contribution in [0.1, 0.15) is 21.6 Å². The van der Waals surface area contributed by atoms with Crippen LogP contribution in [-0.4, -0.2) is 64.9 Å². The van der Waals surface area contributed by atoms with E-state index in [4.69, 9.17) is 9.47 Å². The summed E-state index contributed by atoms with van der Waals surface area (Å²) in [6.45, 7) is 4.93. The molecule has 8 nitrogen and oxygen atoms in total. The fourth-order valence-corrected chi connectivity index (χ4v) is 4.96. The third-order valence-corrected chi connectivity index (χ3v) is 6.92. The Morgan fingerprint density at radius 3 is 2.24 bits per heavy atom. The zero-order valence-corrected chi connectivity index (χ0v) is 20.5. The number of rotatable bonds is 5. The van der Waals surface area contributed by atoms with Gasteiger partial charge in [-0.05, 0) is 29.3 Å². The van der Waals surface area contributed by atoms with Crippen LogP contribution < -0.4 is 15.0 Å². The molecule has 0 spiro atoms. The second-order valence-electron chi connectivity index (χ2n) is 9.39. The summed E-state index contributed by atoms with van der Waals surface area (Å²) >= 11 is 0. The molecule has 2 aliphatic heterocycles. The summed E-state index contributed by atoms with van der Waals surface area (Å²) in [5.41, 5.74) is 2.25. The first-order chi connectivity index (χ1) is 18.2. The number of nitrogens with zero attached hydrogens (tertiary/aromatic N) is 4. The SMILES string of the molecule is O=C(c1nn(Cc2ccccc2)c(=O)c2ccccc12)N1CCN(Cc2ccc3c(c2)OCCO3)CC1. The molecular formula is C29H28N4O4. The Balaban J connectivity index is 1.19. The lowest BCUT2D eigenvalue weighted by Crippen LogP contribution is -2.48. The molecule has 1 fully saturated rings. The number of fused-ring (bicyclic) bond motifs is 2. The second-order valence-corrected chi connectivity index (χ2v) is 9.39. The summed E-state index contributed by atoms with van der Waals surface area (Å²) in [5, 5.41) is 5.68. The number of hydrogen-bond acceptors (Lipinski definition) is 6. The molecule has 0 unspecified atom stereocenters. The molecule has 4 aromatic rings. The Hall–Kier alpha value is -4.17. The molecule has 0 N–H and O–H groups in total. The van der Waals surface area contributed by atoms with Crippen LogP contribution >= 0.6 is 0 Å². The highest BCUT2D eigenvalue weighted by Gasteiger charge is 2.26. The Morgan fingerprint density at radius 2 is 1.46 bits per heavy atom. The van der Waals surface area contributed by atoms with Crippen LogP contribution in [0, 0.1) is 0 Å². The van der Waals surface area contributed by atoms with Crippen molar-refractivity contribution in [1.82, 2.24) is 19.6 Å². The van der Waals surface area contributed by atoms with Gasteiger partial charge < -0.3 is 14.4 Å². The molecule has 0 bridgehead atoms. The fourth-order valence-electron chi connectivity index (χ4n) is 4.96. The monoisotopic (exact) mass is 496 g/mol. The standard InChI is InChI=1S/C29H28N4O4/c34-28-24-9-5-4-8-23(24)27(30-33(28)20-21-6-2-1-3-7-21)29(35)32-14-12-31(13-15-32)19-22-10-11-25-26(18-22)37-17-16-36-25/h1-11,18H,12-17,19-20H2. The number of ether oxygens (including phenoxy) is 2. The van der Waals surface area contributed by atoms with Gasteiger partial charge in [0.25, 0.3) is 11.5 Å². The molecule has 8 heteroatoms. The van der Waals surface area contributed by atoms with Crippen LogP contribution in [0.25, 0.3) is 10.8 Å². The number of amides is 1. The van der Waals surface area contributed by atoms with Crippen molar-refractivity contribution in [2.75, 3.05) is 39.4 Å². The largest absolute Gasteiger partial charge is 0.486 e. The summed E-state index contributed by atoms with van der Waals surface area (Å²) < 4.78 is 12.7.